The van der Waals surface area contributed by atoms with Crippen LogP contribution in [0.1, 0.15) is 40.4 Å². The van der Waals surface area contributed by atoms with Crippen LogP contribution in [0.15, 0.2) is 67.1 Å². The molecule has 1 aromatic carbocycles. The van der Waals surface area contributed by atoms with Crippen molar-refractivity contribution in [2.75, 3.05) is 18.4 Å². The normalized spacial score (nSPS) is 14.6. The van der Waals surface area contributed by atoms with Gasteiger partial charge in [0.1, 0.15) is 19.3 Å². The fourth-order valence-corrected chi connectivity index (χ4v) is 4.17. The van der Waals surface area contributed by atoms with E-state index in [1.165, 1.54) is 0 Å². The van der Waals surface area contributed by atoms with Crippen LogP contribution in [0.5, 0.6) is 0 Å². The van der Waals surface area contributed by atoms with Gasteiger partial charge in [-0.05, 0) is 42.1 Å². The summed E-state index contributed by atoms with van der Waals surface area (Å²) in [6.45, 7) is 2.03. The molecule has 1 amide bonds. The Morgan fingerprint density at radius 3 is 2.66 bits per heavy atom. The lowest BCUT2D eigenvalue weighted by atomic mass is 9.92. The van der Waals surface area contributed by atoms with Gasteiger partial charge in [0.05, 0.1) is 0 Å². The molecule has 4 aromatic rings. The average Bonchev–Trinajstić information content (AvgIpc) is 3.24. The van der Waals surface area contributed by atoms with Gasteiger partial charge in [-0.15, -0.1) is 0 Å². The first kappa shape index (κ1) is 20.2. The number of anilines is 1. The Hall–Kier alpha value is -3.68. The average molecular weight is 422 g/mol. The van der Waals surface area contributed by atoms with Gasteiger partial charge in [0.15, 0.2) is 0 Å². The second-order valence-corrected chi connectivity index (χ2v) is 8.05. The highest BCUT2D eigenvalue weighted by atomic mass is 16.2. The summed E-state index contributed by atoms with van der Waals surface area (Å²) in [5.41, 5.74) is 3.99. The van der Waals surface area contributed by atoms with Gasteiger partial charge in [0, 0.05) is 61.5 Å². The highest BCUT2D eigenvalue weighted by Crippen LogP contribution is 2.29. The predicted octanol–water partition coefficient (Wildman–Crippen LogP) is 2.55. The molecule has 1 aliphatic heterocycles. The number of benzene rings is 1. The van der Waals surface area contributed by atoms with Gasteiger partial charge < -0.3 is 10.2 Å². The van der Waals surface area contributed by atoms with Crippen LogP contribution in [-0.2, 0) is 6.54 Å². The number of aromatic nitrogens is 4. The van der Waals surface area contributed by atoms with Crippen LogP contribution in [0.2, 0.25) is 0 Å². The maximum absolute atomic E-state index is 12.8. The lowest BCUT2D eigenvalue weighted by Gasteiger charge is -2.32. The van der Waals surface area contributed by atoms with Crippen molar-refractivity contribution in [3.05, 3.63) is 83.9 Å². The summed E-state index contributed by atoms with van der Waals surface area (Å²) in [5.74, 6) is 1.19. The van der Waals surface area contributed by atoms with E-state index in [0.29, 0.717) is 30.7 Å². The number of nitrogens with one attached hydrogen (secondary N) is 1. The largest absolute Gasteiger partial charge is 0.366 e. The van der Waals surface area contributed by atoms with Gasteiger partial charge in [0.25, 0.3) is 5.91 Å². The van der Waals surface area contributed by atoms with Gasteiger partial charge >= 0.3 is 0 Å². The Bertz CT molecular complexity index is 1220. The van der Waals surface area contributed by atoms with Crippen LogP contribution >= 0.6 is 0 Å². The quantitative estimate of drug-likeness (QED) is 0.501. The number of amides is 1. The standard InChI is InChI=1S/C24H23BN6O/c25-20-16-28-31-22(27-15-17-5-4-10-26-14-17)13-21(29-23(20)31)18-8-11-30(12-9-18)24(32)19-6-2-1-3-7-19/h1-7,10,13-14,16,18,27H,8-9,11-12,15H2. The van der Waals surface area contributed by atoms with Crippen molar-refractivity contribution in [2.24, 2.45) is 0 Å². The summed E-state index contributed by atoms with van der Waals surface area (Å²) in [5, 5.41) is 7.83. The molecule has 0 bridgehead atoms. The van der Waals surface area contributed by atoms with E-state index in [1.54, 1.807) is 16.9 Å². The monoisotopic (exact) mass is 422 g/mol. The number of nitrogens with zero attached hydrogens (tertiary/aromatic N) is 5. The number of carbonyl (C=O) groups is 1. The zero-order chi connectivity index (χ0) is 21.9. The van der Waals surface area contributed by atoms with Crippen molar-refractivity contribution >= 4 is 30.7 Å². The third kappa shape index (κ3) is 4.08. The Balaban J connectivity index is 1.34. The lowest BCUT2D eigenvalue weighted by Crippen LogP contribution is -2.38. The SMILES string of the molecule is [B]c1cnn2c(NCc3cccnc3)cc(C3CCN(C(=O)c4ccccc4)CC3)nc12. The van der Waals surface area contributed by atoms with Gasteiger partial charge in [0.2, 0.25) is 0 Å². The molecule has 0 aliphatic carbocycles. The van der Waals surface area contributed by atoms with Gasteiger partial charge in [-0.2, -0.15) is 9.61 Å². The Labute approximate surface area is 187 Å². The first-order chi connectivity index (χ1) is 15.7. The molecule has 32 heavy (non-hydrogen) atoms. The van der Waals surface area contributed by atoms with E-state index >= 15 is 0 Å². The number of piperidine rings is 1. The molecule has 1 saturated heterocycles. The highest BCUT2D eigenvalue weighted by molar-refractivity contribution is 6.36. The van der Waals surface area contributed by atoms with E-state index in [1.807, 2.05) is 53.6 Å². The molecule has 2 radical (unpaired) electrons. The van der Waals surface area contributed by atoms with E-state index in [0.717, 1.165) is 35.5 Å². The van der Waals surface area contributed by atoms with Crippen LogP contribution in [0.25, 0.3) is 5.65 Å². The predicted molar refractivity (Wildman–Crippen MR) is 124 cm³/mol. The van der Waals surface area contributed by atoms with E-state index in [9.17, 15) is 4.79 Å². The van der Waals surface area contributed by atoms with Crippen molar-refractivity contribution in [3.8, 4) is 0 Å². The number of likely N-dealkylation sites (tertiary alicyclic amines) is 1. The summed E-state index contributed by atoms with van der Waals surface area (Å²) in [6.07, 6.45) is 6.94. The molecule has 0 unspecified atom stereocenters. The molecule has 1 fully saturated rings. The number of rotatable bonds is 5. The molecule has 3 aromatic heterocycles. The van der Waals surface area contributed by atoms with Gasteiger partial charge in [-0.1, -0.05) is 24.3 Å². The van der Waals surface area contributed by atoms with Crippen LogP contribution in [0.4, 0.5) is 5.82 Å². The van der Waals surface area contributed by atoms with E-state index < -0.39 is 0 Å². The smallest absolute Gasteiger partial charge is 0.253 e. The first-order valence-electron chi connectivity index (χ1n) is 10.8. The summed E-state index contributed by atoms with van der Waals surface area (Å²) in [4.78, 5) is 23.7. The maximum Gasteiger partial charge on any atom is 0.253 e. The minimum atomic E-state index is 0.0892. The minimum Gasteiger partial charge on any atom is -0.366 e. The molecule has 4 heterocycles. The zero-order valence-corrected chi connectivity index (χ0v) is 17.7. The van der Waals surface area contributed by atoms with Gasteiger partial charge in [-0.25, -0.2) is 4.98 Å². The molecule has 5 rings (SSSR count). The number of hydrogen-bond acceptors (Lipinski definition) is 5. The molecule has 158 valence electrons. The summed E-state index contributed by atoms with van der Waals surface area (Å²) in [7, 11) is 6.14. The zero-order valence-electron chi connectivity index (χ0n) is 17.7. The molecule has 0 atom stereocenters. The number of carbonyl (C=O) groups excluding carboxylic acids is 1. The topological polar surface area (TPSA) is 75.4 Å². The molecule has 0 saturated carbocycles. The second kappa shape index (κ2) is 8.82. The number of fused-ring (bicyclic) bond motifs is 1. The molecular formula is C24H23BN6O. The second-order valence-electron chi connectivity index (χ2n) is 8.05. The fourth-order valence-electron chi connectivity index (χ4n) is 4.17. The van der Waals surface area contributed by atoms with E-state index in [-0.39, 0.29) is 11.8 Å². The van der Waals surface area contributed by atoms with Crippen molar-refractivity contribution in [1.82, 2.24) is 24.5 Å². The molecule has 0 spiro atoms. The summed E-state index contributed by atoms with van der Waals surface area (Å²) >= 11 is 0. The third-order valence-electron chi connectivity index (χ3n) is 5.94. The van der Waals surface area contributed by atoms with Crippen molar-refractivity contribution in [1.29, 1.82) is 0 Å². The van der Waals surface area contributed by atoms with Crippen LogP contribution in [0, 0.1) is 0 Å². The lowest BCUT2D eigenvalue weighted by molar-refractivity contribution is 0.0712. The Kier molecular flexibility index (Phi) is 5.58. The molecule has 8 heteroatoms. The minimum absolute atomic E-state index is 0.0892. The first-order valence-corrected chi connectivity index (χ1v) is 10.8. The molecular weight excluding hydrogens is 399 g/mol. The van der Waals surface area contributed by atoms with Crippen LogP contribution in [0.3, 0.4) is 0 Å². The summed E-state index contributed by atoms with van der Waals surface area (Å²) < 4.78 is 1.74. The number of hydrogen-bond donors (Lipinski definition) is 1. The van der Waals surface area contributed by atoms with Crippen LogP contribution in [-0.4, -0.2) is 51.3 Å². The van der Waals surface area contributed by atoms with Crippen LogP contribution < -0.4 is 10.8 Å². The third-order valence-corrected chi connectivity index (χ3v) is 5.94. The van der Waals surface area contributed by atoms with Crippen molar-refractivity contribution in [2.45, 2.75) is 25.3 Å². The maximum atomic E-state index is 12.8. The molecule has 1 N–H and O–H groups in total. The number of pyridine rings is 1. The Morgan fingerprint density at radius 2 is 1.91 bits per heavy atom. The Morgan fingerprint density at radius 1 is 1.09 bits per heavy atom. The van der Waals surface area contributed by atoms with Crippen molar-refractivity contribution in [3.63, 3.8) is 0 Å². The van der Waals surface area contributed by atoms with Crippen molar-refractivity contribution < 1.29 is 4.79 Å². The summed E-state index contributed by atoms with van der Waals surface area (Å²) in [6, 6.07) is 15.4. The van der Waals surface area contributed by atoms with E-state index in [2.05, 4.69) is 21.5 Å². The molecule has 7 nitrogen and oxygen atoms in total. The highest BCUT2D eigenvalue weighted by Gasteiger charge is 2.26. The fraction of sp³-hybridized carbons (Fsp3) is 0.250. The van der Waals surface area contributed by atoms with E-state index in [4.69, 9.17) is 12.8 Å². The van der Waals surface area contributed by atoms with Gasteiger partial charge in [-0.3, -0.25) is 9.78 Å². The molecule has 1 aliphatic rings.